The zero-order valence-corrected chi connectivity index (χ0v) is 14.2. The molecule has 5 heteroatoms. The lowest BCUT2D eigenvalue weighted by atomic mass is 10.1. The average Bonchev–Trinajstić information content (AvgIpc) is 3.12. The lowest BCUT2D eigenvalue weighted by molar-refractivity contribution is 0.703. The fourth-order valence-electron chi connectivity index (χ4n) is 3.22. The van der Waals surface area contributed by atoms with Crippen molar-refractivity contribution in [2.24, 2.45) is 10.1 Å². The van der Waals surface area contributed by atoms with Crippen molar-refractivity contribution in [2.45, 2.75) is 52.1 Å². The molecule has 0 radical (unpaired) electrons. The van der Waals surface area contributed by atoms with E-state index in [0.717, 1.165) is 23.2 Å². The van der Waals surface area contributed by atoms with Gasteiger partial charge in [-0.2, -0.15) is 5.10 Å². The predicted molar refractivity (Wildman–Crippen MR) is 95.9 cm³/mol. The molecule has 22 heavy (non-hydrogen) atoms. The third-order valence-electron chi connectivity index (χ3n) is 4.45. The number of hydrogen-bond acceptors (Lipinski definition) is 3. The Kier molecular flexibility index (Phi) is 4.71. The van der Waals surface area contributed by atoms with E-state index in [-0.39, 0.29) is 0 Å². The van der Waals surface area contributed by atoms with Crippen molar-refractivity contribution >= 4 is 22.6 Å². The van der Waals surface area contributed by atoms with Crippen molar-refractivity contribution in [3.05, 3.63) is 35.7 Å². The van der Waals surface area contributed by atoms with Crippen LogP contribution in [0.15, 0.2) is 28.8 Å². The topological polar surface area (TPSA) is 41.7 Å². The van der Waals surface area contributed by atoms with Gasteiger partial charge in [-0.15, -0.1) is 6.58 Å². The van der Waals surface area contributed by atoms with Crippen molar-refractivity contribution in [1.29, 1.82) is 0 Å². The third kappa shape index (κ3) is 3.14. The summed E-state index contributed by atoms with van der Waals surface area (Å²) in [6.45, 7) is 8.97. The van der Waals surface area contributed by atoms with Gasteiger partial charge in [-0.25, -0.2) is 0 Å². The number of aryl methyl sites for hydroxylation is 1. The highest BCUT2D eigenvalue weighted by molar-refractivity contribution is 8.14. The fraction of sp³-hybridized carbons (Fsp3) is 0.529. The van der Waals surface area contributed by atoms with Crippen molar-refractivity contribution < 1.29 is 0 Å². The first-order chi connectivity index (χ1) is 10.7. The molecule has 0 aromatic carbocycles. The number of rotatable bonds is 4. The summed E-state index contributed by atoms with van der Waals surface area (Å²) in [6, 6.07) is 2.73. The summed E-state index contributed by atoms with van der Waals surface area (Å²) in [5.74, 6) is 0.886. The SMILES string of the molecule is C=CCn1c(C)cc(C2=NNC(=NC3CCCC3)SC2)c1C. The molecule has 0 saturated heterocycles. The number of allylic oxidation sites excluding steroid dienone is 1. The van der Waals surface area contributed by atoms with Crippen LogP contribution in [0.5, 0.6) is 0 Å². The number of nitrogens with zero attached hydrogens (tertiary/aromatic N) is 3. The van der Waals surface area contributed by atoms with E-state index in [1.54, 1.807) is 11.8 Å². The quantitative estimate of drug-likeness (QED) is 0.862. The summed E-state index contributed by atoms with van der Waals surface area (Å²) in [7, 11) is 0. The molecule has 0 spiro atoms. The smallest absolute Gasteiger partial charge is 0.177 e. The van der Waals surface area contributed by atoms with Gasteiger partial charge in [-0.05, 0) is 32.8 Å². The highest BCUT2D eigenvalue weighted by Gasteiger charge is 2.20. The summed E-state index contributed by atoms with van der Waals surface area (Å²) in [4.78, 5) is 4.78. The Morgan fingerprint density at radius 2 is 2.23 bits per heavy atom. The second-order valence-electron chi connectivity index (χ2n) is 6.02. The molecular formula is C17H24N4S. The average molecular weight is 316 g/mol. The third-order valence-corrected chi connectivity index (χ3v) is 5.34. The summed E-state index contributed by atoms with van der Waals surface area (Å²) in [6.07, 6.45) is 7.02. The number of nitrogens with one attached hydrogen (secondary N) is 1. The molecule has 1 N–H and O–H groups in total. The molecule has 2 aliphatic rings. The Morgan fingerprint density at radius 3 is 2.86 bits per heavy atom. The maximum atomic E-state index is 4.78. The lowest BCUT2D eigenvalue weighted by Crippen LogP contribution is -2.26. The van der Waals surface area contributed by atoms with E-state index in [1.807, 2.05) is 6.08 Å². The monoisotopic (exact) mass is 316 g/mol. The van der Waals surface area contributed by atoms with Crippen LogP contribution in [0.3, 0.4) is 0 Å². The van der Waals surface area contributed by atoms with Crippen LogP contribution in [0.2, 0.25) is 0 Å². The number of hydrogen-bond donors (Lipinski definition) is 1. The molecule has 4 nitrogen and oxygen atoms in total. The van der Waals surface area contributed by atoms with Gasteiger partial charge < -0.3 is 4.57 Å². The fourth-order valence-corrected chi connectivity index (χ4v) is 4.05. The molecule has 0 amide bonds. The zero-order chi connectivity index (χ0) is 15.5. The van der Waals surface area contributed by atoms with Gasteiger partial charge in [0.05, 0.1) is 11.8 Å². The van der Waals surface area contributed by atoms with Crippen molar-refractivity contribution in [3.8, 4) is 0 Å². The minimum Gasteiger partial charge on any atom is -0.345 e. The van der Waals surface area contributed by atoms with E-state index in [4.69, 9.17) is 4.99 Å². The molecule has 3 rings (SSSR count). The molecule has 1 fully saturated rings. The maximum absolute atomic E-state index is 4.78. The largest absolute Gasteiger partial charge is 0.345 e. The lowest BCUT2D eigenvalue weighted by Gasteiger charge is -2.16. The molecule has 118 valence electrons. The molecule has 1 aromatic heterocycles. The maximum Gasteiger partial charge on any atom is 0.177 e. The molecule has 2 heterocycles. The van der Waals surface area contributed by atoms with E-state index in [9.17, 15) is 0 Å². The Balaban J connectivity index is 1.75. The van der Waals surface area contributed by atoms with Crippen LogP contribution in [-0.2, 0) is 6.54 Å². The van der Waals surface area contributed by atoms with Gasteiger partial charge in [0.2, 0.25) is 0 Å². The van der Waals surface area contributed by atoms with Crippen LogP contribution in [0.25, 0.3) is 0 Å². The van der Waals surface area contributed by atoms with Crippen molar-refractivity contribution in [3.63, 3.8) is 0 Å². The Bertz CT molecular complexity index is 621. The van der Waals surface area contributed by atoms with E-state index < -0.39 is 0 Å². The van der Waals surface area contributed by atoms with Crippen LogP contribution in [0.4, 0.5) is 0 Å². The molecular weight excluding hydrogens is 292 g/mol. The molecule has 0 unspecified atom stereocenters. The predicted octanol–water partition coefficient (Wildman–Crippen LogP) is 3.63. The van der Waals surface area contributed by atoms with E-state index >= 15 is 0 Å². The number of aliphatic imine (C=N–C) groups is 1. The van der Waals surface area contributed by atoms with Gasteiger partial charge in [0.25, 0.3) is 0 Å². The van der Waals surface area contributed by atoms with Crippen molar-refractivity contribution in [1.82, 2.24) is 9.99 Å². The van der Waals surface area contributed by atoms with Crippen LogP contribution in [0, 0.1) is 13.8 Å². The van der Waals surface area contributed by atoms with Crippen molar-refractivity contribution in [2.75, 3.05) is 5.75 Å². The van der Waals surface area contributed by atoms with Crippen LogP contribution in [-0.4, -0.2) is 27.2 Å². The van der Waals surface area contributed by atoms with Gasteiger partial charge in [0, 0.05) is 29.2 Å². The standard InChI is InChI=1S/C17H24N4S/c1-4-9-21-12(2)10-15(13(21)3)16-11-22-17(20-19-16)18-14-7-5-6-8-14/h4,10,14H,1,5-9,11H2,2-3H3,(H,18,20). The minimum atomic E-state index is 0.504. The van der Waals surface area contributed by atoms with Gasteiger partial charge in [0.15, 0.2) is 5.17 Å². The van der Waals surface area contributed by atoms with Gasteiger partial charge in [-0.3, -0.25) is 10.4 Å². The molecule has 1 saturated carbocycles. The van der Waals surface area contributed by atoms with Crippen LogP contribution >= 0.6 is 11.8 Å². The first-order valence-corrected chi connectivity index (χ1v) is 8.98. The van der Waals surface area contributed by atoms with Crippen LogP contribution in [0.1, 0.15) is 42.6 Å². The zero-order valence-electron chi connectivity index (χ0n) is 13.4. The van der Waals surface area contributed by atoms with Gasteiger partial charge in [0.1, 0.15) is 0 Å². The molecule has 0 atom stereocenters. The summed E-state index contributed by atoms with van der Waals surface area (Å²) in [5, 5.41) is 5.56. The Labute approximate surface area is 136 Å². The first-order valence-electron chi connectivity index (χ1n) is 8.00. The normalized spacial score (nSPS) is 21.0. The number of thioether (sulfide) groups is 1. The molecule has 1 aliphatic carbocycles. The van der Waals surface area contributed by atoms with Crippen LogP contribution < -0.4 is 5.43 Å². The first kappa shape index (κ1) is 15.4. The Hall–Kier alpha value is -1.49. The highest BCUT2D eigenvalue weighted by atomic mass is 32.2. The number of hydrazone groups is 1. The second kappa shape index (κ2) is 6.73. The molecule has 1 aliphatic heterocycles. The van der Waals surface area contributed by atoms with E-state index in [1.165, 1.54) is 42.6 Å². The minimum absolute atomic E-state index is 0.504. The van der Waals surface area contributed by atoms with Gasteiger partial charge in [-0.1, -0.05) is 30.7 Å². The summed E-state index contributed by atoms with van der Waals surface area (Å²) in [5.41, 5.74) is 8.01. The summed E-state index contributed by atoms with van der Waals surface area (Å²) >= 11 is 1.77. The highest BCUT2D eigenvalue weighted by Crippen LogP contribution is 2.24. The second-order valence-corrected chi connectivity index (χ2v) is 6.98. The number of aromatic nitrogens is 1. The summed E-state index contributed by atoms with van der Waals surface area (Å²) < 4.78 is 2.28. The molecule has 0 bridgehead atoms. The Morgan fingerprint density at radius 1 is 1.45 bits per heavy atom. The van der Waals surface area contributed by atoms with E-state index in [0.29, 0.717) is 6.04 Å². The van der Waals surface area contributed by atoms with Gasteiger partial charge >= 0.3 is 0 Å². The van der Waals surface area contributed by atoms with E-state index in [2.05, 4.69) is 41.6 Å². The number of amidine groups is 1. The molecule has 1 aromatic rings.